The fourth-order valence-electron chi connectivity index (χ4n) is 10.8. The van der Waals surface area contributed by atoms with E-state index in [1.54, 1.807) is 0 Å². The number of fused-ring (bicyclic) bond motifs is 7. The Bertz CT molecular complexity index is 4370. The third-order valence-corrected chi connectivity index (χ3v) is 15.0. The summed E-state index contributed by atoms with van der Waals surface area (Å²) in [6.45, 7) is 0. The third-order valence-electron chi connectivity index (χ3n) is 14.0. The zero-order valence-electron chi connectivity index (χ0n) is 39.2. The second-order valence-electron chi connectivity index (χ2n) is 18.2. The van der Waals surface area contributed by atoms with Crippen molar-refractivity contribution in [2.24, 2.45) is 0 Å². The minimum atomic E-state index is 0.700. The van der Waals surface area contributed by atoms with Gasteiger partial charge in [-0.2, -0.15) is 0 Å². The molecule has 9 aromatic carbocycles. The molecule has 0 amide bonds. The van der Waals surface area contributed by atoms with Crippen molar-refractivity contribution in [2.75, 3.05) is 0 Å². The Balaban J connectivity index is 0.988. The van der Waals surface area contributed by atoms with Gasteiger partial charge in [-0.15, -0.1) is 0 Å². The molecular formula is C65H42N6OPt. The molecule has 0 spiro atoms. The predicted octanol–water partition coefficient (Wildman–Crippen LogP) is 16.3. The molecule has 0 fully saturated rings. The van der Waals surface area contributed by atoms with E-state index in [1.807, 2.05) is 30.7 Å². The van der Waals surface area contributed by atoms with E-state index in [4.69, 9.17) is 9.72 Å². The monoisotopic (exact) mass is 1120 g/mol. The molecule has 5 heterocycles. The van der Waals surface area contributed by atoms with E-state index < -0.39 is 0 Å². The predicted molar refractivity (Wildman–Crippen MR) is 293 cm³/mol. The van der Waals surface area contributed by atoms with Gasteiger partial charge in [-0.3, -0.25) is 4.98 Å². The van der Waals surface area contributed by atoms with Crippen molar-refractivity contribution >= 4 is 54.6 Å². The van der Waals surface area contributed by atoms with Crippen molar-refractivity contribution in [3.05, 3.63) is 259 Å². The molecule has 5 aromatic heterocycles. The SMILES string of the molecule is [Pt]=[c]1n(-c2cc(Oc3ccc4c5ccccc5n(-c5ccc(-c6ccncc6)cn5)c4c3)cc(-n3c4ccccc4c4ccccc43)c2)c2ccccc2n1-c1c(-c2ccccc2)cccc1-c1ccccc1. The summed E-state index contributed by atoms with van der Waals surface area (Å²) in [5.41, 5.74) is 16.2. The van der Waals surface area contributed by atoms with Crippen molar-refractivity contribution in [3.8, 4) is 67.8 Å². The summed E-state index contributed by atoms with van der Waals surface area (Å²) in [7, 11) is 0. The van der Waals surface area contributed by atoms with Crippen molar-refractivity contribution in [1.29, 1.82) is 0 Å². The molecule has 73 heavy (non-hydrogen) atoms. The first kappa shape index (κ1) is 42.7. The first-order valence-electron chi connectivity index (χ1n) is 24.3. The van der Waals surface area contributed by atoms with Gasteiger partial charge in [-0.1, -0.05) is 12.1 Å². The van der Waals surface area contributed by atoms with Crippen LogP contribution in [0.5, 0.6) is 11.5 Å². The van der Waals surface area contributed by atoms with E-state index in [0.29, 0.717) is 11.5 Å². The molecule has 0 saturated carbocycles. The fraction of sp³-hybridized carbons (Fsp3) is 0. The standard InChI is InChI=1S/C65H42N6O.Pt/c1-3-16-45(17-4-1)52-23-15-24-53(46-18-5-2-6-19-46)65(52)69-43-68(61-28-13-14-29-62(61)69)48-38-49(70-58-25-10-7-20-54(58)55-21-8-11-26-59(55)70)40-51(39-48)72-50-31-32-57-56-22-9-12-27-60(56)71(63(57)41-50)64-33-30-47(42-67-64)44-34-36-66-37-35-44;/h1-42H;. The quantitative estimate of drug-likeness (QED) is 0.145. The summed E-state index contributed by atoms with van der Waals surface area (Å²) >= 11 is 2.53. The van der Waals surface area contributed by atoms with E-state index in [2.05, 4.69) is 267 Å². The number of rotatable bonds is 9. The number of benzene rings is 9. The zero-order chi connectivity index (χ0) is 48.4. The van der Waals surface area contributed by atoms with Crippen LogP contribution in [0.15, 0.2) is 255 Å². The summed E-state index contributed by atoms with van der Waals surface area (Å²) in [6.07, 6.45) is 5.56. The van der Waals surface area contributed by atoms with Crippen LogP contribution in [0.25, 0.3) is 111 Å². The molecule has 0 saturated heterocycles. The normalized spacial score (nSPS) is 11.6. The van der Waals surface area contributed by atoms with Crippen molar-refractivity contribution < 1.29 is 24.1 Å². The molecule has 0 N–H and O–H groups in total. The van der Waals surface area contributed by atoms with Crippen LogP contribution in [0.1, 0.15) is 0 Å². The summed E-state index contributed by atoms with van der Waals surface area (Å²) in [5.74, 6) is 2.23. The van der Waals surface area contributed by atoms with E-state index >= 15 is 0 Å². The number of para-hydroxylation sites is 6. The van der Waals surface area contributed by atoms with Crippen LogP contribution in [0.3, 0.4) is 0 Å². The van der Waals surface area contributed by atoms with Crippen LogP contribution >= 0.6 is 0 Å². The number of pyridine rings is 2. The van der Waals surface area contributed by atoms with Gasteiger partial charge in [0.1, 0.15) is 0 Å². The third kappa shape index (κ3) is 7.19. The minimum absolute atomic E-state index is 0.700. The summed E-state index contributed by atoms with van der Waals surface area (Å²) in [4.78, 5) is 9.25. The molecule has 0 bridgehead atoms. The van der Waals surface area contributed by atoms with Crippen LogP contribution < -0.4 is 4.74 Å². The first-order chi connectivity index (χ1) is 36.1. The molecule has 7 nitrogen and oxygen atoms in total. The second kappa shape index (κ2) is 17.6. The van der Waals surface area contributed by atoms with Gasteiger partial charge in [-0.05, 0) is 23.8 Å². The van der Waals surface area contributed by atoms with Crippen molar-refractivity contribution in [2.45, 2.75) is 0 Å². The molecular weight excluding hydrogens is 1080 g/mol. The Morgan fingerprint density at radius 3 is 1.45 bits per heavy atom. The Labute approximate surface area is 431 Å². The molecule has 8 heteroatoms. The summed E-state index contributed by atoms with van der Waals surface area (Å²) in [5, 5.41) is 4.64. The maximum absolute atomic E-state index is 7.20. The number of nitrogens with zero attached hydrogens (tertiary/aromatic N) is 6. The molecule has 14 rings (SSSR count). The van der Waals surface area contributed by atoms with Crippen molar-refractivity contribution in [3.63, 3.8) is 0 Å². The Kier molecular flexibility index (Phi) is 10.3. The van der Waals surface area contributed by atoms with Crippen LogP contribution in [0.4, 0.5) is 0 Å². The van der Waals surface area contributed by atoms with Gasteiger partial charge in [0.05, 0.1) is 0 Å². The van der Waals surface area contributed by atoms with Crippen molar-refractivity contribution in [1.82, 2.24) is 28.2 Å². The van der Waals surface area contributed by atoms with Gasteiger partial charge in [0, 0.05) is 24.2 Å². The van der Waals surface area contributed by atoms with E-state index in [-0.39, 0.29) is 0 Å². The van der Waals surface area contributed by atoms with Crippen LogP contribution in [-0.4, -0.2) is 28.2 Å². The van der Waals surface area contributed by atoms with E-state index in [1.165, 1.54) is 10.8 Å². The molecule has 0 atom stereocenters. The molecule has 0 unspecified atom stereocenters. The van der Waals surface area contributed by atoms with Gasteiger partial charge < -0.3 is 0 Å². The van der Waals surface area contributed by atoms with Crippen LogP contribution in [-0.2, 0) is 19.4 Å². The van der Waals surface area contributed by atoms with Crippen LogP contribution in [0.2, 0.25) is 0 Å². The average Bonchev–Trinajstić information content (AvgIpc) is 4.08. The summed E-state index contributed by atoms with van der Waals surface area (Å²) in [6, 6.07) is 83.9. The number of hydrogen-bond donors (Lipinski definition) is 0. The molecule has 0 aliphatic heterocycles. The molecule has 0 radical (unpaired) electrons. The Hall–Kier alpha value is -9.16. The Morgan fingerprint density at radius 2 is 0.863 bits per heavy atom. The van der Waals surface area contributed by atoms with Gasteiger partial charge in [0.2, 0.25) is 0 Å². The van der Waals surface area contributed by atoms with E-state index in [0.717, 1.165) is 104 Å². The van der Waals surface area contributed by atoms with Gasteiger partial charge in [0.25, 0.3) is 0 Å². The Morgan fingerprint density at radius 1 is 0.342 bits per heavy atom. The number of hydrogen-bond acceptors (Lipinski definition) is 3. The summed E-state index contributed by atoms with van der Waals surface area (Å²) < 4.78 is 17.6. The maximum atomic E-state index is 7.20. The number of imidazole rings is 1. The second-order valence-corrected chi connectivity index (χ2v) is 19.2. The number of ether oxygens (including phenoxy) is 1. The van der Waals surface area contributed by atoms with Gasteiger partial charge in [0.15, 0.2) is 0 Å². The number of aromatic nitrogens is 6. The van der Waals surface area contributed by atoms with Crippen LogP contribution in [0, 0.1) is 3.80 Å². The molecule has 0 aliphatic rings. The zero-order valence-corrected chi connectivity index (χ0v) is 41.4. The topological polar surface area (TPSA) is 54.7 Å². The average molecular weight is 1120 g/mol. The van der Waals surface area contributed by atoms with Gasteiger partial charge in [-0.25, -0.2) is 0 Å². The molecule has 0 aliphatic carbocycles. The molecule has 348 valence electrons. The van der Waals surface area contributed by atoms with E-state index in [9.17, 15) is 0 Å². The van der Waals surface area contributed by atoms with Gasteiger partial charge >= 0.3 is 369 Å². The fourth-order valence-corrected chi connectivity index (χ4v) is 11.9. The molecule has 14 aromatic rings. The first-order valence-corrected chi connectivity index (χ1v) is 25.4.